The van der Waals surface area contributed by atoms with E-state index >= 15 is 0 Å². The van der Waals surface area contributed by atoms with Crippen molar-refractivity contribution >= 4 is 27.3 Å². The largest absolute Gasteiger partial charge is 0.377 e. The van der Waals surface area contributed by atoms with Crippen LogP contribution in [0.15, 0.2) is 6.07 Å². The molecule has 6 nitrogen and oxygen atoms in total. The van der Waals surface area contributed by atoms with Crippen LogP contribution in [-0.2, 0) is 20.3 Å². The number of hydrogen-bond donors (Lipinski definition) is 0. The second-order valence-electron chi connectivity index (χ2n) is 6.14. The molecule has 1 saturated carbocycles. The number of hydrogen-bond acceptors (Lipinski definition) is 6. The summed E-state index contributed by atoms with van der Waals surface area (Å²) in [5, 5.41) is -0.115. The van der Waals surface area contributed by atoms with Gasteiger partial charge in [0.05, 0.1) is 42.0 Å². The van der Waals surface area contributed by atoms with E-state index in [0.29, 0.717) is 24.7 Å². The van der Waals surface area contributed by atoms with Crippen LogP contribution in [0, 0.1) is 0 Å². The highest BCUT2D eigenvalue weighted by Crippen LogP contribution is 2.31. The summed E-state index contributed by atoms with van der Waals surface area (Å²) in [4.78, 5) is 10.5. The van der Waals surface area contributed by atoms with Crippen LogP contribution in [0.2, 0.25) is 5.28 Å². The third-order valence-electron chi connectivity index (χ3n) is 4.05. The van der Waals surface area contributed by atoms with E-state index in [1.54, 1.807) is 6.07 Å². The maximum atomic E-state index is 12.2. The second-order valence-corrected chi connectivity index (χ2v) is 8.75. The number of morpholine rings is 1. The summed E-state index contributed by atoms with van der Waals surface area (Å²) in [5.74, 6) is 0.601. The molecule has 0 aromatic carbocycles. The summed E-state index contributed by atoms with van der Waals surface area (Å²) < 4.78 is 29.8. The van der Waals surface area contributed by atoms with Crippen molar-refractivity contribution < 1.29 is 13.2 Å². The fourth-order valence-corrected chi connectivity index (χ4v) is 4.71. The quantitative estimate of drug-likeness (QED) is 0.775. The molecule has 3 rings (SSSR count). The topological polar surface area (TPSA) is 72.4 Å². The van der Waals surface area contributed by atoms with E-state index in [-0.39, 0.29) is 28.4 Å². The second kappa shape index (κ2) is 5.94. The van der Waals surface area contributed by atoms with E-state index in [2.05, 4.69) is 14.9 Å². The molecule has 2 aliphatic rings. The Kier molecular flexibility index (Phi) is 4.31. The third kappa shape index (κ3) is 3.36. The number of rotatable bonds is 4. The molecule has 1 saturated heterocycles. The monoisotopic (exact) mass is 345 g/mol. The lowest BCUT2D eigenvalue weighted by atomic mass is 10.1. The Bertz CT molecular complexity index is 653. The summed E-state index contributed by atoms with van der Waals surface area (Å²) in [6, 6.07) is 2.05. The molecular weight excluding hydrogens is 326 g/mol. The molecule has 1 aliphatic heterocycles. The Hall–Kier alpha value is -0.920. The van der Waals surface area contributed by atoms with E-state index in [4.69, 9.17) is 16.3 Å². The molecule has 2 fully saturated rings. The zero-order valence-corrected chi connectivity index (χ0v) is 14.3. The number of nitrogens with zero attached hydrogens (tertiary/aromatic N) is 3. The third-order valence-corrected chi connectivity index (χ3v) is 6.41. The van der Waals surface area contributed by atoms with Crippen LogP contribution in [0.1, 0.15) is 32.4 Å². The lowest BCUT2D eigenvalue weighted by Gasteiger charge is -2.39. The van der Waals surface area contributed by atoms with Crippen LogP contribution in [0.5, 0.6) is 0 Å². The minimum atomic E-state index is -3.12. The Morgan fingerprint density at radius 1 is 1.27 bits per heavy atom. The minimum absolute atomic E-state index is 0.0694. The predicted molar refractivity (Wildman–Crippen MR) is 84.9 cm³/mol. The molecule has 1 aromatic rings. The van der Waals surface area contributed by atoms with Crippen molar-refractivity contribution in [1.82, 2.24) is 9.97 Å². The molecule has 0 radical (unpaired) electrons. The summed E-state index contributed by atoms with van der Waals surface area (Å²) in [6.07, 6.45) is 1.51. The van der Waals surface area contributed by atoms with Gasteiger partial charge in [-0.05, 0) is 38.3 Å². The predicted octanol–water partition coefficient (Wildman–Crippen LogP) is 1.82. The highest BCUT2D eigenvalue weighted by atomic mass is 35.5. The van der Waals surface area contributed by atoms with Crippen LogP contribution >= 0.6 is 11.6 Å². The van der Waals surface area contributed by atoms with Gasteiger partial charge < -0.3 is 9.64 Å². The Morgan fingerprint density at radius 2 is 1.91 bits per heavy atom. The van der Waals surface area contributed by atoms with Crippen LogP contribution in [-0.4, -0.2) is 48.9 Å². The zero-order chi connectivity index (χ0) is 15.9. The maximum Gasteiger partial charge on any atom is 0.224 e. The van der Waals surface area contributed by atoms with Crippen LogP contribution in [0.3, 0.4) is 0 Å². The van der Waals surface area contributed by atoms with Crippen molar-refractivity contribution in [2.75, 3.05) is 18.1 Å². The maximum absolute atomic E-state index is 12.2. The van der Waals surface area contributed by atoms with Gasteiger partial charge >= 0.3 is 0 Å². The van der Waals surface area contributed by atoms with Crippen LogP contribution in [0.4, 0.5) is 5.82 Å². The number of ether oxygens (including phenoxy) is 1. The van der Waals surface area contributed by atoms with Gasteiger partial charge in [-0.3, -0.25) is 0 Å². The normalized spacial score (nSPS) is 26.2. The SMILES string of the molecule is C[C@H]1COC[C@H](C)N1c1cc(CS(=O)(=O)C2CC2)nc(Cl)n1. The highest BCUT2D eigenvalue weighted by Gasteiger charge is 2.36. The van der Waals surface area contributed by atoms with Gasteiger partial charge in [0.1, 0.15) is 5.82 Å². The lowest BCUT2D eigenvalue weighted by Crippen LogP contribution is -2.50. The van der Waals surface area contributed by atoms with Gasteiger partial charge in [0.2, 0.25) is 5.28 Å². The first-order chi connectivity index (χ1) is 10.4. The molecule has 1 aliphatic carbocycles. The zero-order valence-electron chi connectivity index (χ0n) is 12.7. The van der Waals surface area contributed by atoms with E-state index in [0.717, 1.165) is 12.8 Å². The fraction of sp³-hybridized carbons (Fsp3) is 0.714. The Balaban J connectivity index is 1.89. The minimum Gasteiger partial charge on any atom is -0.377 e. The summed E-state index contributed by atoms with van der Waals surface area (Å²) in [5.41, 5.74) is 0.466. The number of halogens is 1. The van der Waals surface area contributed by atoms with Crippen molar-refractivity contribution in [3.63, 3.8) is 0 Å². The lowest BCUT2D eigenvalue weighted by molar-refractivity contribution is 0.0752. The van der Waals surface area contributed by atoms with Crippen LogP contribution < -0.4 is 4.90 Å². The van der Waals surface area contributed by atoms with E-state index in [9.17, 15) is 8.42 Å². The number of anilines is 1. The van der Waals surface area contributed by atoms with E-state index < -0.39 is 9.84 Å². The molecule has 0 N–H and O–H groups in total. The molecule has 0 unspecified atom stereocenters. The molecule has 1 aromatic heterocycles. The Morgan fingerprint density at radius 3 is 2.50 bits per heavy atom. The molecule has 122 valence electrons. The van der Waals surface area contributed by atoms with Crippen molar-refractivity contribution in [3.05, 3.63) is 17.0 Å². The van der Waals surface area contributed by atoms with Gasteiger partial charge in [-0.25, -0.2) is 18.4 Å². The van der Waals surface area contributed by atoms with Crippen molar-refractivity contribution in [2.24, 2.45) is 0 Å². The van der Waals surface area contributed by atoms with Gasteiger partial charge in [0, 0.05) is 6.07 Å². The average molecular weight is 346 g/mol. The number of aromatic nitrogens is 2. The van der Waals surface area contributed by atoms with Gasteiger partial charge in [0.15, 0.2) is 9.84 Å². The molecule has 0 amide bonds. The summed E-state index contributed by atoms with van der Waals surface area (Å²) in [7, 11) is -3.12. The van der Waals surface area contributed by atoms with Gasteiger partial charge in [-0.1, -0.05) is 0 Å². The molecule has 2 atom stereocenters. The standard InChI is InChI=1S/C14H20ClN3O3S/c1-9-6-21-7-10(2)18(9)13-5-11(16-14(15)17-13)8-22(19,20)12-3-4-12/h5,9-10,12H,3-4,6-8H2,1-2H3/t9-,10-/m0/s1. The Labute approximate surface area is 135 Å². The highest BCUT2D eigenvalue weighted by molar-refractivity contribution is 7.91. The average Bonchev–Trinajstić information content (AvgIpc) is 3.21. The molecule has 0 bridgehead atoms. The van der Waals surface area contributed by atoms with Crippen molar-refractivity contribution in [3.8, 4) is 0 Å². The number of sulfone groups is 1. The first kappa shape index (κ1) is 16.0. The molecule has 0 spiro atoms. The molecule has 22 heavy (non-hydrogen) atoms. The smallest absolute Gasteiger partial charge is 0.224 e. The van der Waals surface area contributed by atoms with Crippen LogP contribution in [0.25, 0.3) is 0 Å². The van der Waals surface area contributed by atoms with Gasteiger partial charge in [-0.2, -0.15) is 0 Å². The van der Waals surface area contributed by atoms with Crippen molar-refractivity contribution in [1.29, 1.82) is 0 Å². The van der Waals surface area contributed by atoms with E-state index in [1.807, 2.05) is 13.8 Å². The van der Waals surface area contributed by atoms with Gasteiger partial charge in [-0.15, -0.1) is 0 Å². The summed E-state index contributed by atoms with van der Waals surface area (Å²) >= 11 is 6.01. The first-order valence-electron chi connectivity index (χ1n) is 7.48. The van der Waals surface area contributed by atoms with E-state index in [1.165, 1.54) is 0 Å². The van der Waals surface area contributed by atoms with Gasteiger partial charge in [0.25, 0.3) is 0 Å². The summed E-state index contributed by atoms with van der Waals surface area (Å²) in [6.45, 7) is 5.32. The molecular formula is C14H20ClN3O3S. The molecule has 8 heteroatoms. The fourth-order valence-electron chi connectivity index (χ4n) is 2.86. The first-order valence-corrected chi connectivity index (χ1v) is 9.57. The molecule has 2 heterocycles. The van der Waals surface area contributed by atoms with Crippen molar-refractivity contribution in [2.45, 2.75) is 49.8 Å².